The van der Waals surface area contributed by atoms with E-state index in [9.17, 15) is 4.79 Å². The zero-order valence-electron chi connectivity index (χ0n) is 15.1. The molecule has 0 atom stereocenters. The quantitative estimate of drug-likeness (QED) is 0.691. The number of nitrogens with zero attached hydrogens (tertiary/aromatic N) is 6. The number of pyridine rings is 1. The van der Waals surface area contributed by atoms with Gasteiger partial charge in [0.15, 0.2) is 0 Å². The minimum absolute atomic E-state index is 0.0482. The van der Waals surface area contributed by atoms with Crippen molar-refractivity contribution in [3.63, 3.8) is 0 Å². The molecule has 0 amide bonds. The van der Waals surface area contributed by atoms with Gasteiger partial charge in [0.25, 0.3) is 5.56 Å². The Bertz CT molecular complexity index is 920. The second kappa shape index (κ2) is 8.18. The van der Waals surface area contributed by atoms with Gasteiger partial charge in [-0.15, -0.1) is 0 Å². The molecular formula is C20H22N6O. The van der Waals surface area contributed by atoms with E-state index in [4.69, 9.17) is 0 Å². The summed E-state index contributed by atoms with van der Waals surface area (Å²) in [5.41, 5.74) is 1.72. The van der Waals surface area contributed by atoms with E-state index in [2.05, 4.69) is 25.0 Å². The highest BCUT2D eigenvalue weighted by Gasteiger charge is 2.21. The van der Waals surface area contributed by atoms with E-state index in [1.807, 2.05) is 18.2 Å². The Morgan fingerprint density at radius 1 is 0.963 bits per heavy atom. The summed E-state index contributed by atoms with van der Waals surface area (Å²) in [6.45, 7) is 3.42. The van der Waals surface area contributed by atoms with E-state index in [0.29, 0.717) is 12.5 Å². The first-order chi connectivity index (χ1) is 13.3. The van der Waals surface area contributed by atoms with Gasteiger partial charge in [-0.3, -0.25) is 14.7 Å². The first-order valence-electron chi connectivity index (χ1n) is 9.25. The van der Waals surface area contributed by atoms with Crippen LogP contribution in [0, 0.1) is 5.92 Å². The molecule has 1 aliphatic heterocycles. The molecule has 0 aromatic carbocycles. The summed E-state index contributed by atoms with van der Waals surface area (Å²) in [6, 6.07) is 9.02. The molecule has 0 radical (unpaired) electrons. The first kappa shape index (κ1) is 17.5. The van der Waals surface area contributed by atoms with Crippen molar-refractivity contribution in [2.45, 2.75) is 25.9 Å². The highest BCUT2D eigenvalue weighted by atomic mass is 16.1. The lowest BCUT2D eigenvalue weighted by molar-refractivity contribution is 0.160. The Morgan fingerprint density at radius 2 is 1.70 bits per heavy atom. The molecule has 0 bridgehead atoms. The molecular weight excluding hydrogens is 340 g/mol. The van der Waals surface area contributed by atoms with Gasteiger partial charge in [-0.1, -0.05) is 0 Å². The van der Waals surface area contributed by atoms with Crippen LogP contribution in [0.2, 0.25) is 0 Å². The Kier molecular flexibility index (Phi) is 5.29. The van der Waals surface area contributed by atoms with E-state index in [1.54, 1.807) is 41.6 Å². The Hall–Kier alpha value is -2.93. The van der Waals surface area contributed by atoms with Crippen molar-refractivity contribution in [1.29, 1.82) is 0 Å². The monoisotopic (exact) mass is 362 g/mol. The van der Waals surface area contributed by atoms with Crippen molar-refractivity contribution < 1.29 is 0 Å². The molecule has 1 saturated heterocycles. The van der Waals surface area contributed by atoms with Crippen LogP contribution in [0.3, 0.4) is 0 Å². The molecule has 1 aliphatic rings. The van der Waals surface area contributed by atoms with Gasteiger partial charge in [0.1, 0.15) is 5.82 Å². The summed E-state index contributed by atoms with van der Waals surface area (Å²) in [4.78, 5) is 27.2. The highest BCUT2D eigenvalue weighted by Crippen LogP contribution is 2.20. The standard InChI is InChI=1S/C20H22N6O/c27-20-3-2-18(17-4-10-21-11-5-17)24-26(20)14-16-6-12-25(13-7-16)15-19-22-8-1-9-23-19/h1-5,8-11,16H,6-7,12-15H2. The van der Waals surface area contributed by atoms with Crippen LogP contribution in [0.4, 0.5) is 0 Å². The number of hydrogen-bond acceptors (Lipinski definition) is 6. The Labute approximate surface area is 157 Å². The van der Waals surface area contributed by atoms with Crippen LogP contribution in [0.15, 0.2) is 59.9 Å². The molecule has 0 saturated carbocycles. The van der Waals surface area contributed by atoms with E-state index in [-0.39, 0.29) is 5.56 Å². The maximum Gasteiger partial charge on any atom is 0.266 e. The van der Waals surface area contributed by atoms with Gasteiger partial charge in [0.05, 0.1) is 12.2 Å². The van der Waals surface area contributed by atoms with Crippen LogP contribution in [0.25, 0.3) is 11.3 Å². The van der Waals surface area contributed by atoms with Crippen molar-refractivity contribution in [3.05, 3.63) is 71.3 Å². The Morgan fingerprint density at radius 3 is 2.44 bits per heavy atom. The molecule has 27 heavy (non-hydrogen) atoms. The average molecular weight is 362 g/mol. The van der Waals surface area contributed by atoms with Crippen molar-refractivity contribution in [2.24, 2.45) is 5.92 Å². The molecule has 0 spiro atoms. The first-order valence-corrected chi connectivity index (χ1v) is 9.25. The summed E-state index contributed by atoms with van der Waals surface area (Å²) < 4.78 is 1.61. The molecule has 3 aromatic rings. The van der Waals surface area contributed by atoms with E-state index < -0.39 is 0 Å². The molecule has 7 heteroatoms. The normalized spacial score (nSPS) is 15.7. The summed E-state index contributed by atoms with van der Waals surface area (Å²) in [5.74, 6) is 1.31. The lowest BCUT2D eigenvalue weighted by Gasteiger charge is -2.31. The third-order valence-electron chi connectivity index (χ3n) is 4.97. The van der Waals surface area contributed by atoms with Crippen molar-refractivity contribution in [1.82, 2.24) is 29.6 Å². The lowest BCUT2D eigenvalue weighted by Crippen LogP contribution is -2.36. The third kappa shape index (κ3) is 4.43. The average Bonchev–Trinajstić information content (AvgIpc) is 2.72. The number of likely N-dealkylation sites (tertiary alicyclic amines) is 1. The van der Waals surface area contributed by atoms with Gasteiger partial charge in [-0.2, -0.15) is 5.10 Å². The van der Waals surface area contributed by atoms with Crippen LogP contribution in [0.1, 0.15) is 18.7 Å². The van der Waals surface area contributed by atoms with Crippen molar-refractivity contribution >= 4 is 0 Å². The second-order valence-electron chi connectivity index (χ2n) is 6.86. The van der Waals surface area contributed by atoms with E-state index in [0.717, 1.165) is 49.6 Å². The molecule has 3 aromatic heterocycles. The fourth-order valence-corrected chi connectivity index (χ4v) is 3.44. The van der Waals surface area contributed by atoms with E-state index in [1.165, 1.54) is 0 Å². The lowest BCUT2D eigenvalue weighted by atomic mass is 9.97. The minimum atomic E-state index is -0.0482. The van der Waals surface area contributed by atoms with Gasteiger partial charge in [-0.25, -0.2) is 14.6 Å². The maximum absolute atomic E-state index is 12.2. The van der Waals surface area contributed by atoms with Gasteiger partial charge < -0.3 is 0 Å². The summed E-state index contributed by atoms with van der Waals surface area (Å²) in [6.07, 6.45) is 9.12. The fourth-order valence-electron chi connectivity index (χ4n) is 3.44. The maximum atomic E-state index is 12.2. The molecule has 4 heterocycles. The topological polar surface area (TPSA) is 76.8 Å². The predicted molar refractivity (Wildman–Crippen MR) is 102 cm³/mol. The molecule has 7 nitrogen and oxygen atoms in total. The minimum Gasteiger partial charge on any atom is -0.296 e. The second-order valence-corrected chi connectivity index (χ2v) is 6.86. The van der Waals surface area contributed by atoms with Gasteiger partial charge >= 0.3 is 0 Å². The van der Waals surface area contributed by atoms with Crippen LogP contribution in [0.5, 0.6) is 0 Å². The molecule has 0 aliphatic carbocycles. The van der Waals surface area contributed by atoms with Crippen molar-refractivity contribution in [2.75, 3.05) is 13.1 Å². The molecule has 4 rings (SSSR count). The molecule has 1 fully saturated rings. The van der Waals surface area contributed by atoms with Crippen LogP contribution >= 0.6 is 0 Å². The molecule has 138 valence electrons. The number of rotatable bonds is 5. The number of aromatic nitrogens is 5. The number of piperidine rings is 1. The van der Waals surface area contributed by atoms with Gasteiger partial charge in [0, 0.05) is 43.0 Å². The van der Waals surface area contributed by atoms with Gasteiger partial charge in [-0.05, 0) is 56.1 Å². The van der Waals surface area contributed by atoms with Crippen molar-refractivity contribution in [3.8, 4) is 11.3 Å². The number of hydrogen-bond donors (Lipinski definition) is 0. The van der Waals surface area contributed by atoms with Gasteiger partial charge in [0.2, 0.25) is 0 Å². The summed E-state index contributed by atoms with van der Waals surface area (Å²) in [7, 11) is 0. The van der Waals surface area contributed by atoms with Crippen LogP contribution < -0.4 is 5.56 Å². The summed E-state index contributed by atoms with van der Waals surface area (Å²) >= 11 is 0. The molecule has 0 N–H and O–H groups in total. The largest absolute Gasteiger partial charge is 0.296 e. The van der Waals surface area contributed by atoms with E-state index >= 15 is 0 Å². The molecule has 0 unspecified atom stereocenters. The third-order valence-corrected chi connectivity index (χ3v) is 4.97. The fraction of sp³-hybridized carbons (Fsp3) is 0.350. The smallest absolute Gasteiger partial charge is 0.266 e. The predicted octanol–water partition coefficient (Wildman–Crippen LogP) is 2.01. The summed E-state index contributed by atoms with van der Waals surface area (Å²) in [5, 5.41) is 4.57. The zero-order chi connectivity index (χ0) is 18.5. The Balaban J connectivity index is 1.38. The zero-order valence-corrected chi connectivity index (χ0v) is 15.1. The highest BCUT2D eigenvalue weighted by molar-refractivity contribution is 5.56. The van der Waals surface area contributed by atoms with Crippen LogP contribution in [-0.4, -0.2) is 42.7 Å². The van der Waals surface area contributed by atoms with Crippen LogP contribution in [-0.2, 0) is 13.1 Å². The SMILES string of the molecule is O=c1ccc(-c2ccncc2)nn1CC1CCN(Cc2ncccn2)CC1.